The molecular weight excluding hydrogens is 254 g/mol. The molecule has 0 aliphatic heterocycles. The maximum absolute atomic E-state index is 11.8. The molecule has 1 heterocycles. The third-order valence-corrected chi connectivity index (χ3v) is 0.633. The molecule has 73 valence electrons. The molecule has 1 aromatic heterocycles. The van der Waals surface area contributed by atoms with Crippen LogP contribution in [-0.2, 0) is 37.5 Å². The van der Waals surface area contributed by atoms with Gasteiger partial charge in [0.05, 0.1) is 5.95 Å². The Bertz CT molecular complexity index is 189. The van der Waals surface area contributed by atoms with Gasteiger partial charge in [-0.2, -0.15) is 0 Å². The standard InChI is InChI=1S/C4H3FNO.C2H6.CHO2.Y/c1-3-4(5)6-2-7-3;1-2;2-1-3;/h1H3;1-2H3;(H,2,3);/q-1;;-1;. The molecular formula is C7H10FNO3Y-2. The average molecular weight is 264 g/mol. The van der Waals surface area contributed by atoms with Crippen LogP contribution < -0.4 is 0 Å². The number of hydrogen-bond donors (Lipinski definition) is 1. The number of aromatic nitrogens is 1. The molecule has 0 aliphatic carbocycles. The van der Waals surface area contributed by atoms with Crippen molar-refractivity contribution in [1.82, 2.24) is 4.98 Å². The second-order valence-electron chi connectivity index (χ2n) is 1.24. The Kier molecular flexibility index (Phi) is 20.3. The van der Waals surface area contributed by atoms with Crippen molar-refractivity contribution in [3.05, 3.63) is 18.1 Å². The molecule has 0 saturated heterocycles. The molecule has 6 heteroatoms. The molecule has 0 atom stereocenters. The van der Waals surface area contributed by atoms with Crippen molar-refractivity contribution in [1.29, 1.82) is 0 Å². The fourth-order valence-electron chi connectivity index (χ4n) is 0.252. The zero-order chi connectivity index (χ0) is 9.98. The SMILES string of the molecule is CC.Cc1o[c-]nc1F.O=[C-]O.[Y]. The number of hydrogen-bond acceptors (Lipinski definition) is 3. The minimum Gasteiger partial charge on any atom is -0.665 e. The van der Waals surface area contributed by atoms with E-state index in [0.717, 1.165) is 0 Å². The van der Waals surface area contributed by atoms with E-state index in [0.29, 0.717) is 6.47 Å². The fraction of sp³-hybridized carbons (Fsp3) is 0.429. The van der Waals surface area contributed by atoms with Gasteiger partial charge in [0, 0.05) is 32.7 Å². The Hall–Kier alpha value is -0.286. The van der Waals surface area contributed by atoms with Crippen LogP contribution in [0, 0.1) is 19.3 Å². The van der Waals surface area contributed by atoms with Crippen molar-refractivity contribution in [2.24, 2.45) is 0 Å². The molecule has 0 saturated carbocycles. The molecule has 0 amide bonds. The van der Waals surface area contributed by atoms with Crippen molar-refractivity contribution in [3.8, 4) is 0 Å². The Balaban J connectivity index is -0.000000146. The van der Waals surface area contributed by atoms with Crippen molar-refractivity contribution >= 4 is 6.47 Å². The van der Waals surface area contributed by atoms with Crippen LogP contribution in [0.2, 0.25) is 0 Å². The van der Waals surface area contributed by atoms with Crippen LogP contribution in [0.4, 0.5) is 4.39 Å². The van der Waals surface area contributed by atoms with Crippen molar-refractivity contribution in [3.63, 3.8) is 0 Å². The molecule has 1 radical (unpaired) electrons. The molecule has 0 aromatic carbocycles. The Labute approximate surface area is 101 Å². The van der Waals surface area contributed by atoms with Crippen molar-refractivity contribution in [2.75, 3.05) is 0 Å². The van der Waals surface area contributed by atoms with Crippen molar-refractivity contribution in [2.45, 2.75) is 20.8 Å². The normalized spacial score (nSPS) is 6.46. The molecule has 0 bridgehead atoms. The van der Waals surface area contributed by atoms with E-state index >= 15 is 0 Å². The van der Waals surface area contributed by atoms with Crippen LogP contribution in [-0.4, -0.2) is 16.6 Å². The summed E-state index contributed by atoms with van der Waals surface area (Å²) in [6.45, 7) is 5.98. The summed E-state index contributed by atoms with van der Waals surface area (Å²) in [5.74, 6) is -0.403. The van der Waals surface area contributed by atoms with E-state index < -0.39 is 5.95 Å². The summed E-state index contributed by atoms with van der Waals surface area (Å²) in [5, 5.41) is 6.76. The number of halogens is 1. The Morgan fingerprint density at radius 3 is 2.08 bits per heavy atom. The predicted molar refractivity (Wildman–Crippen MR) is 39.7 cm³/mol. The first-order valence-corrected chi connectivity index (χ1v) is 3.22. The van der Waals surface area contributed by atoms with E-state index in [1.165, 1.54) is 6.92 Å². The smallest absolute Gasteiger partial charge is 0.104 e. The molecule has 0 unspecified atom stereocenters. The maximum atomic E-state index is 11.8. The number of oxazole rings is 1. The van der Waals surface area contributed by atoms with Gasteiger partial charge in [-0.1, -0.05) is 27.2 Å². The number of aryl methyl sites for hydroxylation is 1. The quantitative estimate of drug-likeness (QED) is 0.722. The van der Waals surface area contributed by atoms with Crippen LogP contribution in [0.5, 0.6) is 0 Å². The van der Waals surface area contributed by atoms with Gasteiger partial charge >= 0.3 is 0 Å². The zero-order valence-corrected chi connectivity index (χ0v) is 10.5. The van der Waals surface area contributed by atoms with Crippen LogP contribution in [0.1, 0.15) is 19.6 Å². The van der Waals surface area contributed by atoms with Gasteiger partial charge in [0.2, 0.25) is 0 Å². The first-order chi connectivity index (χ1) is 5.72. The molecule has 0 spiro atoms. The predicted octanol–water partition coefficient (Wildman–Crippen LogP) is 1.56. The second-order valence-corrected chi connectivity index (χ2v) is 1.24. The average Bonchev–Trinajstić information content (AvgIpc) is 2.42. The molecule has 1 N–H and O–H groups in total. The summed E-state index contributed by atoms with van der Waals surface area (Å²) >= 11 is 0. The third kappa shape index (κ3) is 11.7. The number of aliphatic hydroxyl groups excluding tert-OH is 1. The Morgan fingerprint density at radius 1 is 1.62 bits per heavy atom. The van der Waals surface area contributed by atoms with Crippen LogP contribution >= 0.6 is 0 Å². The summed E-state index contributed by atoms with van der Waals surface area (Å²) < 4.78 is 16.2. The third-order valence-electron chi connectivity index (χ3n) is 0.633. The summed E-state index contributed by atoms with van der Waals surface area (Å²) in [5.41, 5.74) is 0. The summed E-state index contributed by atoms with van der Waals surface area (Å²) in [4.78, 5) is 11.3. The van der Waals surface area contributed by atoms with Crippen LogP contribution in [0.15, 0.2) is 4.42 Å². The van der Waals surface area contributed by atoms with Gasteiger partial charge in [0.15, 0.2) is 0 Å². The monoisotopic (exact) mass is 264 g/mol. The van der Waals surface area contributed by atoms with Crippen molar-refractivity contribution < 1.29 is 51.4 Å². The molecule has 4 nitrogen and oxygen atoms in total. The summed E-state index contributed by atoms with van der Waals surface area (Å²) in [6, 6.07) is 0. The molecule has 13 heavy (non-hydrogen) atoms. The maximum Gasteiger partial charge on any atom is 0.104 e. The first-order valence-electron chi connectivity index (χ1n) is 3.22. The van der Waals surface area contributed by atoms with Gasteiger partial charge in [0.25, 0.3) is 0 Å². The second kappa shape index (κ2) is 14.2. The van der Waals surface area contributed by atoms with E-state index in [9.17, 15) is 4.39 Å². The topological polar surface area (TPSA) is 63.3 Å². The number of rotatable bonds is 0. The van der Waals surface area contributed by atoms with E-state index in [1.807, 2.05) is 20.2 Å². The van der Waals surface area contributed by atoms with E-state index in [2.05, 4.69) is 9.40 Å². The number of nitrogens with zero attached hydrogens (tertiary/aromatic N) is 1. The largest absolute Gasteiger partial charge is 0.665 e. The fourth-order valence-corrected chi connectivity index (χ4v) is 0.252. The van der Waals surface area contributed by atoms with Gasteiger partial charge in [0.1, 0.15) is 6.39 Å². The van der Waals surface area contributed by atoms with Gasteiger partial charge < -0.3 is 19.3 Å². The zero-order valence-electron chi connectivity index (χ0n) is 7.67. The van der Waals surface area contributed by atoms with E-state index in [1.54, 1.807) is 0 Å². The molecule has 0 fully saturated rings. The van der Waals surface area contributed by atoms with Gasteiger partial charge in [-0.25, -0.2) is 0 Å². The van der Waals surface area contributed by atoms with E-state index in [4.69, 9.17) is 9.90 Å². The van der Waals surface area contributed by atoms with Gasteiger partial charge in [-0.15, -0.1) is 0 Å². The van der Waals surface area contributed by atoms with Gasteiger partial charge in [-0.05, 0) is 5.76 Å². The molecule has 1 rings (SSSR count). The first kappa shape index (κ1) is 18.5. The Morgan fingerprint density at radius 2 is 2.00 bits per heavy atom. The van der Waals surface area contributed by atoms with E-state index in [-0.39, 0.29) is 38.5 Å². The van der Waals surface area contributed by atoms with Gasteiger partial charge in [-0.3, -0.25) is 4.39 Å². The van der Waals surface area contributed by atoms with Crippen LogP contribution in [0.25, 0.3) is 0 Å². The summed E-state index contributed by atoms with van der Waals surface area (Å²) in [7, 11) is 0. The molecule has 0 aliphatic rings. The molecule has 1 aromatic rings. The minimum atomic E-state index is -0.583. The minimum absolute atomic E-state index is 0. The summed E-state index contributed by atoms with van der Waals surface area (Å²) in [6.07, 6.45) is 2.00. The van der Waals surface area contributed by atoms with Crippen LogP contribution in [0.3, 0.4) is 0 Å².